The summed E-state index contributed by atoms with van der Waals surface area (Å²) in [4.78, 5) is 3.26. The molecule has 3 N–H and O–H groups in total. The number of hydrogen-bond acceptors (Lipinski definition) is 2. The van der Waals surface area contributed by atoms with Crippen molar-refractivity contribution in [1.82, 2.24) is 15.6 Å². The zero-order valence-corrected chi connectivity index (χ0v) is 8.01. The van der Waals surface area contributed by atoms with Crippen molar-refractivity contribution in [3.63, 3.8) is 0 Å². The average Bonchev–Trinajstić information content (AvgIpc) is 2.76. The highest BCUT2D eigenvalue weighted by Gasteiger charge is 2.24. The van der Waals surface area contributed by atoms with E-state index in [0.29, 0.717) is 12.1 Å². The fraction of sp³-hybridized carbons (Fsp3) is 0.600. The van der Waals surface area contributed by atoms with Gasteiger partial charge >= 0.3 is 0 Å². The summed E-state index contributed by atoms with van der Waals surface area (Å²) in [6.07, 6.45) is 4.54. The third kappa shape index (κ3) is 1.76. The predicted molar refractivity (Wildman–Crippen MR) is 53.6 cm³/mol. The van der Waals surface area contributed by atoms with Crippen LogP contribution >= 0.6 is 0 Å². The van der Waals surface area contributed by atoms with Crippen LogP contribution in [0.1, 0.15) is 24.6 Å². The van der Waals surface area contributed by atoms with Crippen molar-refractivity contribution in [2.75, 3.05) is 13.6 Å². The number of aromatic amines is 1. The molecule has 1 aliphatic rings. The van der Waals surface area contributed by atoms with Crippen LogP contribution in [0.2, 0.25) is 0 Å². The lowest BCUT2D eigenvalue weighted by Crippen LogP contribution is -2.36. The van der Waals surface area contributed by atoms with E-state index in [9.17, 15) is 0 Å². The lowest BCUT2D eigenvalue weighted by molar-refractivity contribution is 0.433. The molecule has 0 bridgehead atoms. The summed E-state index contributed by atoms with van der Waals surface area (Å²) in [6.45, 7) is 1.16. The molecule has 3 nitrogen and oxygen atoms in total. The largest absolute Gasteiger partial charge is 0.364 e. The zero-order valence-electron chi connectivity index (χ0n) is 8.01. The van der Waals surface area contributed by atoms with Crippen molar-refractivity contribution < 1.29 is 0 Å². The van der Waals surface area contributed by atoms with E-state index in [1.807, 2.05) is 13.2 Å². The van der Waals surface area contributed by atoms with Gasteiger partial charge < -0.3 is 15.6 Å². The summed E-state index contributed by atoms with van der Waals surface area (Å²) in [5, 5.41) is 6.87. The molecule has 0 saturated carbocycles. The van der Waals surface area contributed by atoms with Crippen LogP contribution in [0.4, 0.5) is 0 Å². The smallest absolute Gasteiger partial charge is 0.0626 e. The van der Waals surface area contributed by atoms with Crippen LogP contribution in [0.5, 0.6) is 0 Å². The number of rotatable bonds is 3. The van der Waals surface area contributed by atoms with Gasteiger partial charge in [-0.15, -0.1) is 0 Å². The highest BCUT2D eigenvalue weighted by Crippen LogP contribution is 2.20. The summed E-state index contributed by atoms with van der Waals surface area (Å²) in [5.41, 5.74) is 1.28. The summed E-state index contributed by atoms with van der Waals surface area (Å²) < 4.78 is 0. The van der Waals surface area contributed by atoms with E-state index >= 15 is 0 Å². The van der Waals surface area contributed by atoms with Gasteiger partial charge in [-0.2, -0.15) is 0 Å². The molecular formula is C10H17N3. The molecule has 1 fully saturated rings. The molecule has 1 aromatic rings. The van der Waals surface area contributed by atoms with Gasteiger partial charge in [-0.25, -0.2) is 0 Å². The molecule has 1 aromatic heterocycles. The van der Waals surface area contributed by atoms with Crippen LogP contribution in [-0.2, 0) is 0 Å². The Balaban J connectivity index is 2.08. The summed E-state index contributed by atoms with van der Waals surface area (Å²) >= 11 is 0. The molecule has 1 saturated heterocycles. The van der Waals surface area contributed by atoms with E-state index in [1.54, 1.807) is 0 Å². The maximum absolute atomic E-state index is 3.51. The van der Waals surface area contributed by atoms with Gasteiger partial charge in [-0.3, -0.25) is 0 Å². The van der Waals surface area contributed by atoms with Crippen molar-refractivity contribution in [2.45, 2.75) is 24.9 Å². The molecule has 0 radical (unpaired) electrons. The average molecular weight is 179 g/mol. The van der Waals surface area contributed by atoms with Crippen LogP contribution < -0.4 is 10.6 Å². The van der Waals surface area contributed by atoms with E-state index in [1.165, 1.54) is 18.5 Å². The number of aromatic nitrogens is 1. The molecule has 2 unspecified atom stereocenters. The van der Waals surface area contributed by atoms with Gasteiger partial charge in [0.2, 0.25) is 0 Å². The molecule has 0 aliphatic carbocycles. The minimum Gasteiger partial charge on any atom is -0.364 e. The standard InChI is InChI=1S/C10H17N3/c1-11-10(8-4-2-6-12-8)9-5-3-7-13-9/h2,4,6,9-13H,3,5,7H2,1H3. The second-order valence-electron chi connectivity index (χ2n) is 3.59. The first-order valence-electron chi connectivity index (χ1n) is 4.96. The number of hydrogen-bond donors (Lipinski definition) is 3. The van der Waals surface area contributed by atoms with Gasteiger partial charge in [-0.05, 0) is 38.6 Å². The SMILES string of the molecule is CNC(c1ccc[nH]1)C1CCCN1. The third-order valence-electron chi connectivity index (χ3n) is 2.77. The van der Waals surface area contributed by atoms with Crippen molar-refractivity contribution in [2.24, 2.45) is 0 Å². The normalized spacial score (nSPS) is 24.8. The zero-order chi connectivity index (χ0) is 9.10. The van der Waals surface area contributed by atoms with Gasteiger partial charge in [0.1, 0.15) is 0 Å². The highest BCUT2D eigenvalue weighted by molar-refractivity contribution is 5.12. The second kappa shape index (κ2) is 3.94. The van der Waals surface area contributed by atoms with E-state index in [-0.39, 0.29) is 0 Å². The summed E-state index contributed by atoms with van der Waals surface area (Å²) in [5.74, 6) is 0. The lowest BCUT2D eigenvalue weighted by atomic mass is 10.0. The quantitative estimate of drug-likeness (QED) is 0.648. The molecule has 0 amide bonds. The topological polar surface area (TPSA) is 39.9 Å². The molecule has 72 valence electrons. The molecule has 1 aliphatic heterocycles. The first-order chi connectivity index (χ1) is 6.42. The van der Waals surface area contributed by atoms with E-state index in [0.717, 1.165) is 6.54 Å². The van der Waals surface area contributed by atoms with E-state index < -0.39 is 0 Å². The third-order valence-corrected chi connectivity index (χ3v) is 2.77. The van der Waals surface area contributed by atoms with E-state index in [4.69, 9.17) is 0 Å². The maximum Gasteiger partial charge on any atom is 0.0626 e. The Kier molecular flexibility index (Phi) is 2.66. The lowest BCUT2D eigenvalue weighted by Gasteiger charge is -2.22. The van der Waals surface area contributed by atoms with Gasteiger partial charge in [0.15, 0.2) is 0 Å². The van der Waals surface area contributed by atoms with Crippen LogP contribution in [0, 0.1) is 0 Å². The first-order valence-corrected chi connectivity index (χ1v) is 4.96. The van der Waals surface area contributed by atoms with Crippen molar-refractivity contribution in [3.8, 4) is 0 Å². The molecular weight excluding hydrogens is 162 g/mol. The Hall–Kier alpha value is -0.800. The Morgan fingerprint density at radius 2 is 2.54 bits per heavy atom. The van der Waals surface area contributed by atoms with Crippen LogP contribution in [0.25, 0.3) is 0 Å². The summed E-state index contributed by atoms with van der Waals surface area (Å²) in [7, 11) is 2.02. The summed E-state index contributed by atoms with van der Waals surface area (Å²) in [6, 6.07) is 5.21. The fourth-order valence-electron chi connectivity index (χ4n) is 2.11. The van der Waals surface area contributed by atoms with Crippen LogP contribution in [-0.4, -0.2) is 24.6 Å². The molecule has 3 heteroatoms. The Morgan fingerprint density at radius 1 is 1.62 bits per heavy atom. The Morgan fingerprint density at radius 3 is 3.08 bits per heavy atom. The molecule has 13 heavy (non-hydrogen) atoms. The van der Waals surface area contributed by atoms with Crippen molar-refractivity contribution >= 4 is 0 Å². The van der Waals surface area contributed by atoms with Gasteiger partial charge in [0, 0.05) is 17.9 Å². The monoisotopic (exact) mass is 179 g/mol. The first kappa shape index (κ1) is 8.78. The highest BCUT2D eigenvalue weighted by atomic mass is 15.0. The predicted octanol–water partition coefficient (Wildman–Crippen LogP) is 1.03. The molecule has 2 rings (SSSR count). The minimum absolute atomic E-state index is 0.428. The molecule has 0 aromatic carbocycles. The Bertz CT molecular complexity index is 237. The molecule has 2 heterocycles. The number of nitrogens with one attached hydrogen (secondary N) is 3. The number of H-pyrrole nitrogens is 1. The molecule has 2 atom stereocenters. The van der Waals surface area contributed by atoms with Gasteiger partial charge in [0.25, 0.3) is 0 Å². The van der Waals surface area contributed by atoms with Crippen molar-refractivity contribution in [3.05, 3.63) is 24.0 Å². The second-order valence-corrected chi connectivity index (χ2v) is 3.59. The number of likely N-dealkylation sites (N-methyl/N-ethyl adjacent to an activating group) is 1. The van der Waals surface area contributed by atoms with Gasteiger partial charge in [-0.1, -0.05) is 0 Å². The maximum atomic E-state index is 3.51. The fourth-order valence-corrected chi connectivity index (χ4v) is 2.11. The Labute approximate surface area is 78.9 Å². The van der Waals surface area contributed by atoms with Crippen LogP contribution in [0.15, 0.2) is 18.3 Å². The molecule has 0 spiro atoms. The minimum atomic E-state index is 0.428. The van der Waals surface area contributed by atoms with Crippen molar-refractivity contribution in [1.29, 1.82) is 0 Å². The van der Waals surface area contributed by atoms with Gasteiger partial charge in [0.05, 0.1) is 6.04 Å². The van der Waals surface area contributed by atoms with E-state index in [2.05, 4.69) is 27.8 Å². The van der Waals surface area contributed by atoms with Crippen LogP contribution in [0.3, 0.4) is 0 Å².